The topological polar surface area (TPSA) is 57.0 Å². The molecule has 5 atom stereocenters. The van der Waals surface area contributed by atoms with Crippen molar-refractivity contribution in [3.8, 4) is 17.0 Å². The lowest BCUT2D eigenvalue weighted by atomic mass is 9.54. The molecule has 3 aromatic rings. The molecule has 3 aliphatic carbocycles. The molecule has 2 aromatic carbocycles. The van der Waals surface area contributed by atoms with Crippen LogP contribution >= 0.6 is 0 Å². The summed E-state index contributed by atoms with van der Waals surface area (Å²) >= 11 is 0. The minimum atomic E-state index is -0.138. The van der Waals surface area contributed by atoms with E-state index in [0.29, 0.717) is 29.5 Å². The van der Waals surface area contributed by atoms with E-state index in [1.165, 1.54) is 23.1 Å². The van der Waals surface area contributed by atoms with E-state index in [9.17, 15) is 4.79 Å². The highest BCUT2D eigenvalue weighted by Crippen LogP contribution is 2.62. The lowest BCUT2D eigenvalue weighted by Gasteiger charge is -2.50. The number of rotatable bonds is 6. The van der Waals surface area contributed by atoms with Crippen LogP contribution in [0.2, 0.25) is 0 Å². The fourth-order valence-electron chi connectivity index (χ4n) is 7.92. The number of ether oxygens (including phenoxy) is 1. The summed E-state index contributed by atoms with van der Waals surface area (Å²) in [5.74, 6) is 3.64. The molecular formula is C31H37N3O2. The molecule has 1 aromatic heterocycles. The minimum Gasteiger partial charge on any atom is -0.497 e. The normalized spacial score (nSPS) is 28.9. The van der Waals surface area contributed by atoms with E-state index in [-0.39, 0.29) is 5.41 Å². The molecule has 0 N–H and O–H groups in total. The zero-order valence-corrected chi connectivity index (χ0v) is 21.7. The van der Waals surface area contributed by atoms with Crippen LogP contribution in [0, 0.1) is 30.1 Å². The second-order valence-corrected chi connectivity index (χ2v) is 11.6. The molecule has 0 bridgehead atoms. The Morgan fingerprint density at radius 2 is 2.03 bits per heavy atom. The maximum absolute atomic E-state index is 13.3. The first-order valence-corrected chi connectivity index (χ1v) is 13.6. The number of carbonyl (C=O) groups excluding carboxylic acids is 1. The third kappa shape index (κ3) is 3.88. The molecule has 0 saturated heterocycles. The Balaban J connectivity index is 1.16. The van der Waals surface area contributed by atoms with Crippen LogP contribution in [0.4, 0.5) is 0 Å². The number of fused-ring (bicyclic) bond motifs is 5. The molecule has 6 rings (SSSR count). The largest absolute Gasteiger partial charge is 0.497 e. The van der Waals surface area contributed by atoms with E-state index in [4.69, 9.17) is 4.74 Å². The highest BCUT2D eigenvalue weighted by Gasteiger charge is 2.58. The van der Waals surface area contributed by atoms with Gasteiger partial charge in [-0.3, -0.25) is 9.48 Å². The van der Waals surface area contributed by atoms with Crippen LogP contribution in [-0.4, -0.2) is 27.9 Å². The van der Waals surface area contributed by atoms with Crippen LogP contribution in [0.3, 0.4) is 0 Å². The lowest BCUT2D eigenvalue weighted by molar-refractivity contribution is -0.129. The predicted molar refractivity (Wildman–Crippen MR) is 141 cm³/mol. The summed E-state index contributed by atoms with van der Waals surface area (Å²) in [5.41, 5.74) is 6.12. The van der Waals surface area contributed by atoms with Gasteiger partial charge in [-0.1, -0.05) is 42.5 Å². The van der Waals surface area contributed by atoms with Crippen molar-refractivity contribution in [2.45, 2.75) is 71.3 Å². The Labute approximate surface area is 214 Å². The highest BCUT2D eigenvalue weighted by atomic mass is 16.5. The van der Waals surface area contributed by atoms with Gasteiger partial charge in [0.1, 0.15) is 17.2 Å². The second kappa shape index (κ2) is 9.17. The summed E-state index contributed by atoms with van der Waals surface area (Å²) in [4.78, 5) is 13.3. The van der Waals surface area contributed by atoms with Gasteiger partial charge in [-0.05, 0) is 97.9 Å². The smallest absolute Gasteiger partial charge is 0.139 e. The molecule has 5 heteroatoms. The minimum absolute atomic E-state index is 0.138. The van der Waals surface area contributed by atoms with E-state index in [1.807, 2.05) is 10.7 Å². The summed E-state index contributed by atoms with van der Waals surface area (Å²) in [5, 5.41) is 8.83. The highest BCUT2D eigenvalue weighted by molar-refractivity contribution is 5.87. The van der Waals surface area contributed by atoms with E-state index in [0.717, 1.165) is 62.1 Å². The predicted octanol–water partition coefficient (Wildman–Crippen LogP) is 6.39. The Morgan fingerprint density at radius 3 is 2.86 bits per heavy atom. The standard InChI is InChI=1S/C31H37N3O2/c1-20-7-4-5-9-24(20)28-19-34(33-32-28)16-6-8-22-18-29(35)31(2)15-14-26-25-13-11-23(36-3)17-21(25)10-12-27(26)30(22)31/h4-5,7,9,11,13,17,19,22,26-27,30H,6,8,10,12,14-16,18H2,1-3H3/t22-,26-,27-,30+,31-/m1/s1. The zero-order valence-electron chi connectivity index (χ0n) is 21.7. The van der Waals surface area contributed by atoms with Crippen molar-refractivity contribution in [3.63, 3.8) is 0 Å². The summed E-state index contributed by atoms with van der Waals surface area (Å²) in [6.07, 6.45) is 9.40. The van der Waals surface area contributed by atoms with Gasteiger partial charge >= 0.3 is 0 Å². The van der Waals surface area contributed by atoms with E-state index in [1.54, 1.807) is 7.11 Å². The molecule has 0 aliphatic heterocycles. The van der Waals surface area contributed by atoms with E-state index >= 15 is 0 Å². The van der Waals surface area contributed by atoms with E-state index in [2.05, 4.69) is 66.8 Å². The number of hydrogen-bond acceptors (Lipinski definition) is 4. The van der Waals surface area contributed by atoms with Crippen molar-refractivity contribution in [1.82, 2.24) is 15.0 Å². The average molecular weight is 484 g/mol. The van der Waals surface area contributed by atoms with Gasteiger partial charge in [-0.15, -0.1) is 5.10 Å². The van der Waals surface area contributed by atoms with Gasteiger partial charge in [0.25, 0.3) is 0 Å². The molecule has 0 unspecified atom stereocenters. The number of hydrogen-bond donors (Lipinski definition) is 0. The van der Waals surface area contributed by atoms with Crippen LogP contribution in [-0.2, 0) is 17.8 Å². The number of methoxy groups -OCH3 is 1. The van der Waals surface area contributed by atoms with Crippen LogP contribution in [0.5, 0.6) is 5.75 Å². The molecule has 0 amide bonds. The molecular weight excluding hydrogens is 446 g/mol. The second-order valence-electron chi connectivity index (χ2n) is 11.6. The first kappa shape index (κ1) is 23.4. The van der Waals surface area contributed by atoms with Gasteiger partial charge in [-0.2, -0.15) is 0 Å². The summed E-state index contributed by atoms with van der Waals surface area (Å²) in [7, 11) is 1.75. The number of aromatic nitrogens is 3. The Hall–Kier alpha value is -2.95. The molecule has 0 spiro atoms. The lowest BCUT2D eigenvalue weighted by Crippen LogP contribution is -2.44. The fraction of sp³-hybridized carbons (Fsp3) is 0.516. The third-order valence-corrected chi connectivity index (χ3v) is 9.70. The number of Topliss-reactive ketones (excluding diaryl/α,β-unsaturated/α-hetero) is 1. The van der Waals surface area contributed by atoms with Crippen molar-refractivity contribution in [3.05, 3.63) is 65.4 Å². The Morgan fingerprint density at radius 1 is 1.17 bits per heavy atom. The van der Waals surface area contributed by atoms with Gasteiger partial charge in [0.15, 0.2) is 0 Å². The first-order valence-electron chi connectivity index (χ1n) is 13.6. The van der Waals surface area contributed by atoms with Gasteiger partial charge in [0.2, 0.25) is 0 Å². The van der Waals surface area contributed by atoms with Crippen molar-refractivity contribution < 1.29 is 9.53 Å². The average Bonchev–Trinajstić information content (AvgIpc) is 3.46. The number of nitrogens with zero attached hydrogens (tertiary/aromatic N) is 3. The molecule has 36 heavy (non-hydrogen) atoms. The molecule has 5 nitrogen and oxygen atoms in total. The van der Waals surface area contributed by atoms with Crippen molar-refractivity contribution in [2.24, 2.45) is 23.2 Å². The molecule has 2 fully saturated rings. The first-order chi connectivity index (χ1) is 17.5. The van der Waals surface area contributed by atoms with Crippen LogP contribution in [0.1, 0.15) is 68.1 Å². The summed E-state index contributed by atoms with van der Waals surface area (Å²) in [6, 6.07) is 15.0. The summed E-state index contributed by atoms with van der Waals surface area (Å²) < 4.78 is 7.47. The molecule has 1 heterocycles. The maximum atomic E-state index is 13.3. The monoisotopic (exact) mass is 483 g/mol. The Bertz CT molecular complexity index is 1280. The Kier molecular flexibility index (Phi) is 5.97. The van der Waals surface area contributed by atoms with Gasteiger partial charge < -0.3 is 4.74 Å². The third-order valence-electron chi connectivity index (χ3n) is 9.70. The molecule has 3 aliphatic rings. The van der Waals surface area contributed by atoms with E-state index < -0.39 is 0 Å². The SMILES string of the molecule is COc1ccc2c(c1)CC[C@H]1[C@@H]3[C@H](CCCn4cc(-c5ccccc5C)nn4)CC(=O)[C@@]3(C)CC[C@H]21. The number of benzene rings is 2. The number of ketones is 1. The van der Waals surface area contributed by atoms with Crippen molar-refractivity contribution >= 4 is 5.78 Å². The van der Waals surface area contributed by atoms with Crippen LogP contribution in [0.25, 0.3) is 11.3 Å². The van der Waals surface area contributed by atoms with Crippen molar-refractivity contribution in [2.75, 3.05) is 7.11 Å². The number of aryl methyl sites for hydroxylation is 3. The fourth-order valence-corrected chi connectivity index (χ4v) is 7.92. The van der Waals surface area contributed by atoms with Gasteiger partial charge in [-0.25, -0.2) is 0 Å². The van der Waals surface area contributed by atoms with Gasteiger partial charge in [0.05, 0.1) is 13.3 Å². The quantitative estimate of drug-likeness (QED) is 0.407. The molecule has 2 saturated carbocycles. The van der Waals surface area contributed by atoms with Crippen LogP contribution in [0.15, 0.2) is 48.7 Å². The molecule has 0 radical (unpaired) electrons. The van der Waals surface area contributed by atoms with Crippen molar-refractivity contribution in [1.29, 1.82) is 0 Å². The summed E-state index contributed by atoms with van der Waals surface area (Å²) in [6.45, 7) is 5.25. The molecule has 188 valence electrons. The zero-order chi connectivity index (χ0) is 24.9. The van der Waals surface area contributed by atoms with Crippen LogP contribution < -0.4 is 4.74 Å². The maximum Gasteiger partial charge on any atom is 0.139 e. The number of carbonyl (C=O) groups is 1. The van der Waals surface area contributed by atoms with Gasteiger partial charge in [0, 0.05) is 23.9 Å².